The largest absolute Gasteiger partial charge is 0.498 e. The van der Waals surface area contributed by atoms with Crippen molar-refractivity contribution in [3.63, 3.8) is 0 Å². The van der Waals surface area contributed by atoms with E-state index in [0.717, 1.165) is 51.7 Å². The van der Waals surface area contributed by atoms with Gasteiger partial charge in [-0.25, -0.2) is 8.42 Å². The van der Waals surface area contributed by atoms with Gasteiger partial charge in [0.15, 0.2) is 4.75 Å². The van der Waals surface area contributed by atoms with Gasteiger partial charge in [-0.2, -0.15) is 4.31 Å². The molecule has 5 nitrogen and oxygen atoms in total. The number of hydrogen-bond donors (Lipinski definition) is 1. The summed E-state index contributed by atoms with van der Waals surface area (Å²) in [5.74, 6) is 1.03. The molecule has 172 valence electrons. The number of hydrogen-bond acceptors (Lipinski definition) is 3. The number of amides is 1. The van der Waals surface area contributed by atoms with Crippen molar-refractivity contribution in [3.8, 4) is 0 Å². The highest BCUT2D eigenvalue weighted by atomic mass is 32.2. The maximum Gasteiger partial charge on any atom is 0.498 e. The van der Waals surface area contributed by atoms with E-state index in [1.165, 1.54) is 18.6 Å². The Hall–Kier alpha value is -1.77. The van der Waals surface area contributed by atoms with Crippen LogP contribution >= 0.6 is 0 Å². The average Bonchev–Trinajstić information content (AvgIpc) is 2.64. The molecule has 0 atom stereocenters. The molecule has 1 aromatic carbocycles. The Balaban J connectivity index is 1.60. The summed E-state index contributed by atoms with van der Waals surface area (Å²) in [5.41, 5.74) is 0.163. The first-order valence-corrected chi connectivity index (χ1v) is 12.2. The number of sulfonamides is 1. The molecular formula is C22H29F3N2O3S. The normalized spacial score (nSPS) is 30.3. The molecule has 1 aromatic rings. The van der Waals surface area contributed by atoms with Crippen molar-refractivity contribution in [3.05, 3.63) is 29.8 Å². The molecule has 4 aliphatic carbocycles. The lowest BCUT2D eigenvalue weighted by molar-refractivity contribution is -0.127. The van der Waals surface area contributed by atoms with Gasteiger partial charge >= 0.3 is 6.30 Å². The molecule has 4 bridgehead atoms. The minimum Gasteiger partial charge on any atom is -0.351 e. The number of nitrogens with zero attached hydrogens (tertiary/aromatic N) is 1. The van der Waals surface area contributed by atoms with E-state index in [9.17, 15) is 26.4 Å². The molecule has 1 amide bonds. The standard InChI is InChI=1S/C22H29F3N2O3S/c1-13-4-6-18(7-5-13)27(22(23,24)25)31(29,30)21(2,3)20(28)26-19-16-9-14-8-15(11-16)12-17(19)10-14/h4-7,14-17,19H,8-12H2,1-3H3,(H,26,28). The molecule has 1 N–H and O–H groups in total. The van der Waals surface area contributed by atoms with Gasteiger partial charge in [-0.3, -0.25) is 4.79 Å². The zero-order valence-electron chi connectivity index (χ0n) is 17.9. The Bertz CT molecular complexity index is 929. The first-order chi connectivity index (χ1) is 14.3. The minimum atomic E-state index is -5.20. The Kier molecular flexibility index (Phi) is 5.34. The predicted molar refractivity (Wildman–Crippen MR) is 112 cm³/mol. The second-order valence-electron chi connectivity index (χ2n) is 10.0. The number of halogens is 3. The van der Waals surface area contributed by atoms with Crippen molar-refractivity contribution in [2.45, 2.75) is 70.0 Å². The zero-order chi connectivity index (χ0) is 22.8. The summed E-state index contributed by atoms with van der Waals surface area (Å²) in [4.78, 5) is 13.1. The molecule has 0 spiro atoms. The summed E-state index contributed by atoms with van der Waals surface area (Å²) < 4.78 is 65.3. The van der Waals surface area contributed by atoms with Gasteiger partial charge in [0, 0.05) is 6.04 Å². The number of benzene rings is 1. The molecule has 31 heavy (non-hydrogen) atoms. The molecule has 0 unspecified atom stereocenters. The number of anilines is 1. The van der Waals surface area contributed by atoms with Crippen molar-refractivity contribution in [2.24, 2.45) is 23.7 Å². The molecule has 0 aliphatic heterocycles. The van der Waals surface area contributed by atoms with Crippen LogP contribution in [0, 0.1) is 30.6 Å². The number of alkyl halides is 3. The van der Waals surface area contributed by atoms with Gasteiger partial charge in [-0.1, -0.05) is 17.7 Å². The quantitative estimate of drug-likeness (QED) is 0.667. The first-order valence-electron chi connectivity index (χ1n) is 10.8. The van der Waals surface area contributed by atoms with Crippen LogP contribution in [0.3, 0.4) is 0 Å². The molecule has 0 saturated heterocycles. The molecule has 0 heterocycles. The zero-order valence-corrected chi connectivity index (χ0v) is 18.8. The van der Waals surface area contributed by atoms with Crippen LogP contribution in [0.2, 0.25) is 0 Å². The SMILES string of the molecule is Cc1ccc(N(C(F)(F)F)S(=O)(=O)C(C)(C)C(=O)NC2C3CC4CC(C3)CC2C4)cc1. The lowest BCUT2D eigenvalue weighted by Crippen LogP contribution is -2.62. The maximum atomic E-state index is 13.9. The van der Waals surface area contributed by atoms with Gasteiger partial charge in [-0.05, 0) is 88.7 Å². The number of rotatable bonds is 5. The van der Waals surface area contributed by atoms with Crippen molar-refractivity contribution in [1.82, 2.24) is 5.32 Å². The van der Waals surface area contributed by atoms with Crippen molar-refractivity contribution in [2.75, 3.05) is 4.31 Å². The fraction of sp³-hybridized carbons (Fsp3) is 0.682. The van der Waals surface area contributed by atoms with Crippen LogP contribution in [-0.4, -0.2) is 31.4 Å². The molecule has 4 fully saturated rings. The van der Waals surface area contributed by atoms with Gasteiger partial charge in [0.1, 0.15) is 0 Å². The Morgan fingerprint density at radius 2 is 1.45 bits per heavy atom. The second kappa shape index (κ2) is 7.39. The van der Waals surface area contributed by atoms with Gasteiger partial charge < -0.3 is 5.32 Å². The van der Waals surface area contributed by atoms with E-state index in [1.807, 2.05) is 0 Å². The van der Waals surface area contributed by atoms with E-state index in [2.05, 4.69) is 5.32 Å². The van der Waals surface area contributed by atoms with Gasteiger partial charge in [0.25, 0.3) is 10.0 Å². The van der Waals surface area contributed by atoms with Crippen LogP contribution in [0.25, 0.3) is 0 Å². The smallest absolute Gasteiger partial charge is 0.351 e. The Labute approximate surface area is 181 Å². The molecule has 9 heteroatoms. The molecule has 4 aliphatic rings. The number of carbonyl (C=O) groups is 1. The van der Waals surface area contributed by atoms with Gasteiger partial charge in [0.05, 0.1) is 5.69 Å². The second-order valence-corrected chi connectivity index (χ2v) is 12.3. The molecule has 0 radical (unpaired) electrons. The van der Waals surface area contributed by atoms with Gasteiger partial charge in [-0.15, -0.1) is 13.2 Å². The van der Waals surface area contributed by atoms with Crippen LogP contribution in [0.1, 0.15) is 51.5 Å². The predicted octanol–water partition coefficient (Wildman–Crippen LogP) is 4.37. The van der Waals surface area contributed by atoms with E-state index in [1.54, 1.807) is 6.92 Å². The van der Waals surface area contributed by atoms with E-state index in [4.69, 9.17) is 0 Å². The third-order valence-corrected chi connectivity index (χ3v) is 9.83. The number of carbonyl (C=O) groups excluding carboxylic acids is 1. The highest BCUT2D eigenvalue weighted by Crippen LogP contribution is 2.53. The highest BCUT2D eigenvalue weighted by Gasteiger charge is 2.56. The summed E-state index contributed by atoms with van der Waals surface area (Å²) in [6, 6.07) is 4.86. The van der Waals surface area contributed by atoms with E-state index in [0.29, 0.717) is 17.4 Å². The molecule has 0 aromatic heterocycles. The Morgan fingerprint density at radius 3 is 1.90 bits per heavy atom. The van der Waals surface area contributed by atoms with E-state index >= 15 is 0 Å². The fourth-order valence-electron chi connectivity index (χ4n) is 5.93. The van der Waals surface area contributed by atoms with E-state index in [-0.39, 0.29) is 17.9 Å². The maximum absolute atomic E-state index is 13.9. The highest BCUT2D eigenvalue weighted by molar-refractivity contribution is 7.95. The molecule has 5 rings (SSSR count). The summed E-state index contributed by atoms with van der Waals surface area (Å²) in [5, 5.41) is 2.86. The van der Waals surface area contributed by atoms with Crippen LogP contribution < -0.4 is 9.62 Å². The van der Waals surface area contributed by atoms with E-state index < -0.39 is 37.0 Å². The van der Waals surface area contributed by atoms with Crippen LogP contribution in [-0.2, 0) is 14.8 Å². The summed E-state index contributed by atoms with van der Waals surface area (Å²) >= 11 is 0. The Morgan fingerprint density at radius 1 is 0.968 bits per heavy atom. The fourth-order valence-corrected chi connectivity index (χ4v) is 7.35. The topological polar surface area (TPSA) is 66.5 Å². The van der Waals surface area contributed by atoms with Crippen LogP contribution in [0.5, 0.6) is 0 Å². The van der Waals surface area contributed by atoms with Crippen molar-refractivity contribution in [1.29, 1.82) is 0 Å². The third kappa shape index (κ3) is 3.83. The molecular weight excluding hydrogens is 429 g/mol. The van der Waals surface area contributed by atoms with Crippen molar-refractivity contribution >= 4 is 21.6 Å². The van der Waals surface area contributed by atoms with Crippen LogP contribution in [0.15, 0.2) is 24.3 Å². The third-order valence-electron chi connectivity index (χ3n) is 7.46. The summed E-state index contributed by atoms with van der Waals surface area (Å²) in [6.45, 7) is 3.81. The molecule has 4 saturated carbocycles. The lowest BCUT2D eigenvalue weighted by Gasteiger charge is -2.54. The number of nitrogens with one attached hydrogen (secondary N) is 1. The first kappa shape index (κ1) is 22.4. The summed E-state index contributed by atoms with van der Waals surface area (Å²) in [7, 11) is -5.10. The van der Waals surface area contributed by atoms with Gasteiger partial charge in [0.2, 0.25) is 5.91 Å². The van der Waals surface area contributed by atoms with Crippen molar-refractivity contribution < 1.29 is 26.4 Å². The number of aryl methyl sites for hydroxylation is 1. The monoisotopic (exact) mass is 458 g/mol. The summed E-state index contributed by atoms with van der Waals surface area (Å²) in [6.07, 6.45) is 0.0393. The van der Waals surface area contributed by atoms with Crippen LogP contribution in [0.4, 0.5) is 18.9 Å². The minimum absolute atomic E-state index is 0.159. The lowest BCUT2D eigenvalue weighted by atomic mass is 9.54. The average molecular weight is 459 g/mol.